The molecule has 1 aliphatic heterocycles. The number of nitrogens with one attached hydrogen (secondary N) is 1. The van der Waals surface area contributed by atoms with Crippen LogP contribution in [0.4, 0.5) is 0 Å². The molecular weight excluding hydrogens is 192 g/mol. The third kappa shape index (κ3) is 1.51. The summed E-state index contributed by atoms with van der Waals surface area (Å²) in [7, 11) is 0. The summed E-state index contributed by atoms with van der Waals surface area (Å²) in [4.78, 5) is 11.0. The van der Waals surface area contributed by atoms with Gasteiger partial charge >= 0.3 is 0 Å². The molecule has 1 N–H and O–H groups in total. The summed E-state index contributed by atoms with van der Waals surface area (Å²) in [6.45, 7) is 0.640. The van der Waals surface area contributed by atoms with Gasteiger partial charge in [0.2, 0.25) is 5.91 Å². The van der Waals surface area contributed by atoms with Crippen molar-refractivity contribution >= 4 is 17.5 Å². The molecular formula is C7H9ClN4O. The Hall–Kier alpha value is -1.10. The van der Waals surface area contributed by atoms with E-state index in [1.807, 2.05) is 4.57 Å². The number of hydrogen-bond donors (Lipinski definition) is 1. The molecule has 0 aliphatic carbocycles. The molecule has 1 atom stereocenters. The zero-order valence-electron chi connectivity index (χ0n) is 6.90. The fourth-order valence-electron chi connectivity index (χ4n) is 1.45. The lowest BCUT2D eigenvalue weighted by atomic mass is 10.2. The van der Waals surface area contributed by atoms with E-state index in [-0.39, 0.29) is 11.9 Å². The number of amides is 1. The van der Waals surface area contributed by atoms with E-state index in [1.54, 1.807) is 6.33 Å². The van der Waals surface area contributed by atoms with Gasteiger partial charge in [-0.05, 0) is 0 Å². The fourth-order valence-corrected chi connectivity index (χ4v) is 1.65. The van der Waals surface area contributed by atoms with Crippen molar-refractivity contribution in [2.45, 2.75) is 18.3 Å². The van der Waals surface area contributed by atoms with Gasteiger partial charge in [-0.2, -0.15) is 0 Å². The maximum absolute atomic E-state index is 11.0. The van der Waals surface area contributed by atoms with Crippen LogP contribution in [-0.2, 0) is 10.7 Å². The number of carbonyl (C=O) groups is 1. The van der Waals surface area contributed by atoms with E-state index in [2.05, 4.69) is 15.5 Å². The molecule has 6 heteroatoms. The lowest BCUT2D eigenvalue weighted by Gasteiger charge is -2.09. The van der Waals surface area contributed by atoms with Crippen LogP contribution in [0.15, 0.2) is 6.33 Å². The lowest BCUT2D eigenvalue weighted by molar-refractivity contribution is -0.119. The number of alkyl halides is 1. The van der Waals surface area contributed by atoms with Gasteiger partial charge < -0.3 is 9.88 Å². The van der Waals surface area contributed by atoms with Crippen LogP contribution >= 0.6 is 11.6 Å². The van der Waals surface area contributed by atoms with Gasteiger partial charge in [-0.3, -0.25) is 4.79 Å². The van der Waals surface area contributed by atoms with E-state index >= 15 is 0 Å². The van der Waals surface area contributed by atoms with Gasteiger partial charge in [0.1, 0.15) is 12.2 Å². The van der Waals surface area contributed by atoms with Crippen LogP contribution in [0.3, 0.4) is 0 Å². The van der Waals surface area contributed by atoms with Gasteiger partial charge in [-0.25, -0.2) is 0 Å². The highest BCUT2D eigenvalue weighted by Gasteiger charge is 2.24. The van der Waals surface area contributed by atoms with E-state index in [1.165, 1.54) is 0 Å². The predicted octanol–water partition coefficient (Wildman–Crippen LogP) is 0.0779. The maximum atomic E-state index is 11.0. The molecule has 70 valence electrons. The van der Waals surface area contributed by atoms with Gasteiger partial charge in [0.05, 0.1) is 11.9 Å². The molecule has 2 heterocycles. The number of halogens is 1. The number of aromatic nitrogens is 3. The summed E-state index contributed by atoms with van der Waals surface area (Å²) < 4.78 is 1.85. The highest BCUT2D eigenvalue weighted by Crippen LogP contribution is 2.17. The molecule has 1 aromatic rings. The zero-order chi connectivity index (χ0) is 9.26. The molecule has 1 amide bonds. The smallest absolute Gasteiger partial charge is 0.222 e. The molecule has 1 unspecified atom stereocenters. The van der Waals surface area contributed by atoms with Crippen molar-refractivity contribution in [3.8, 4) is 0 Å². The second-order valence-electron chi connectivity index (χ2n) is 2.95. The van der Waals surface area contributed by atoms with Crippen molar-refractivity contribution in [1.29, 1.82) is 0 Å². The fraction of sp³-hybridized carbons (Fsp3) is 0.571. The van der Waals surface area contributed by atoms with Crippen molar-refractivity contribution in [3.05, 3.63) is 12.2 Å². The van der Waals surface area contributed by atoms with Gasteiger partial charge in [-0.15, -0.1) is 21.8 Å². The molecule has 5 nitrogen and oxygen atoms in total. The Morgan fingerprint density at radius 1 is 1.77 bits per heavy atom. The van der Waals surface area contributed by atoms with Crippen molar-refractivity contribution in [2.24, 2.45) is 0 Å². The second-order valence-corrected chi connectivity index (χ2v) is 3.22. The van der Waals surface area contributed by atoms with Gasteiger partial charge in [0.15, 0.2) is 0 Å². The Morgan fingerprint density at radius 2 is 2.62 bits per heavy atom. The molecule has 0 aromatic carbocycles. The molecule has 1 fully saturated rings. The molecule has 0 bridgehead atoms. The second kappa shape index (κ2) is 3.33. The molecule has 0 radical (unpaired) electrons. The minimum atomic E-state index is 0.0687. The average Bonchev–Trinajstić information content (AvgIpc) is 2.71. The minimum absolute atomic E-state index is 0.0687. The summed E-state index contributed by atoms with van der Waals surface area (Å²) in [5.41, 5.74) is 0. The molecule has 2 rings (SSSR count). The van der Waals surface area contributed by atoms with Crippen LogP contribution in [0.25, 0.3) is 0 Å². The quantitative estimate of drug-likeness (QED) is 0.688. The first-order chi connectivity index (χ1) is 6.31. The first-order valence-corrected chi connectivity index (χ1v) is 4.55. The Kier molecular flexibility index (Phi) is 2.18. The largest absolute Gasteiger partial charge is 0.354 e. The Balaban J connectivity index is 2.20. The van der Waals surface area contributed by atoms with E-state index in [0.717, 1.165) is 0 Å². The SMILES string of the molecule is O=C1CC(n2cnnc2CCl)CN1. The highest BCUT2D eigenvalue weighted by molar-refractivity contribution is 6.16. The Bertz CT molecular complexity index is 324. The third-order valence-electron chi connectivity index (χ3n) is 2.12. The molecule has 1 aliphatic rings. The van der Waals surface area contributed by atoms with Crippen LogP contribution < -0.4 is 5.32 Å². The summed E-state index contributed by atoms with van der Waals surface area (Å²) >= 11 is 5.66. The standard InChI is InChI=1S/C7H9ClN4O/c8-2-6-11-10-4-12(6)5-1-7(13)9-3-5/h4-5H,1-3H2,(H,9,13). The number of rotatable bonds is 2. The van der Waals surface area contributed by atoms with Crippen molar-refractivity contribution in [2.75, 3.05) is 6.54 Å². The molecule has 0 saturated carbocycles. The topological polar surface area (TPSA) is 59.8 Å². The maximum Gasteiger partial charge on any atom is 0.222 e. The van der Waals surface area contributed by atoms with Crippen LogP contribution in [0.1, 0.15) is 18.3 Å². The highest BCUT2D eigenvalue weighted by atomic mass is 35.5. The molecule has 1 aromatic heterocycles. The predicted molar refractivity (Wildman–Crippen MR) is 46.2 cm³/mol. The summed E-state index contributed by atoms with van der Waals surface area (Å²) in [6.07, 6.45) is 2.10. The van der Waals surface area contributed by atoms with Crippen LogP contribution in [0, 0.1) is 0 Å². The Labute approximate surface area is 80.1 Å². The monoisotopic (exact) mass is 200 g/mol. The van der Waals surface area contributed by atoms with Crippen molar-refractivity contribution in [3.63, 3.8) is 0 Å². The normalized spacial score (nSPS) is 21.9. The minimum Gasteiger partial charge on any atom is -0.354 e. The van der Waals surface area contributed by atoms with Crippen LogP contribution in [-0.4, -0.2) is 27.2 Å². The van der Waals surface area contributed by atoms with E-state index in [4.69, 9.17) is 11.6 Å². The Morgan fingerprint density at radius 3 is 3.23 bits per heavy atom. The average molecular weight is 201 g/mol. The summed E-state index contributed by atoms with van der Waals surface area (Å²) in [6, 6.07) is 0.122. The van der Waals surface area contributed by atoms with E-state index in [9.17, 15) is 4.79 Å². The number of carbonyl (C=O) groups excluding carboxylic acids is 1. The zero-order valence-corrected chi connectivity index (χ0v) is 7.66. The molecule has 13 heavy (non-hydrogen) atoms. The van der Waals surface area contributed by atoms with E-state index in [0.29, 0.717) is 24.7 Å². The molecule has 1 saturated heterocycles. The first-order valence-electron chi connectivity index (χ1n) is 4.02. The van der Waals surface area contributed by atoms with Crippen molar-refractivity contribution < 1.29 is 4.79 Å². The summed E-state index contributed by atoms with van der Waals surface area (Å²) in [5, 5.41) is 10.3. The van der Waals surface area contributed by atoms with Gasteiger partial charge in [-0.1, -0.05) is 0 Å². The molecule has 0 spiro atoms. The van der Waals surface area contributed by atoms with Crippen molar-refractivity contribution in [1.82, 2.24) is 20.1 Å². The first kappa shape index (κ1) is 8.50. The van der Waals surface area contributed by atoms with Crippen LogP contribution in [0.2, 0.25) is 0 Å². The summed E-state index contributed by atoms with van der Waals surface area (Å²) in [5.74, 6) is 1.10. The number of hydrogen-bond acceptors (Lipinski definition) is 3. The third-order valence-corrected chi connectivity index (χ3v) is 2.36. The van der Waals surface area contributed by atoms with Gasteiger partial charge in [0.25, 0.3) is 0 Å². The number of nitrogens with zero attached hydrogens (tertiary/aromatic N) is 3. The lowest BCUT2D eigenvalue weighted by Crippen LogP contribution is -2.16. The van der Waals surface area contributed by atoms with Gasteiger partial charge in [0, 0.05) is 13.0 Å². The van der Waals surface area contributed by atoms with E-state index < -0.39 is 0 Å². The van der Waals surface area contributed by atoms with Crippen LogP contribution in [0.5, 0.6) is 0 Å².